The summed E-state index contributed by atoms with van der Waals surface area (Å²) < 4.78 is 0. The number of aromatic nitrogens is 1. The lowest BCUT2D eigenvalue weighted by Crippen LogP contribution is -2.39. The number of likely N-dealkylation sites (N-methyl/N-ethyl adjacent to an activating group) is 1. The molecule has 2 atom stereocenters. The van der Waals surface area contributed by atoms with E-state index in [2.05, 4.69) is 22.2 Å². The molecule has 0 spiro atoms. The van der Waals surface area contributed by atoms with Crippen LogP contribution in [0.1, 0.15) is 30.0 Å². The highest BCUT2D eigenvalue weighted by atomic mass is 35.5. The minimum absolute atomic E-state index is 0.103. The second-order valence-electron chi connectivity index (χ2n) is 6.30. The van der Waals surface area contributed by atoms with Crippen LogP contribution in [0.2, 0.25) is 5.02 Å². The van der Waals surface area contributed by atoms with Gasteiger partial charge < -0.3 is 5.32 Å². The molecule has 5 heteroatoms. The number of hydrogen-bond acceptors (Lipinski definition) is 3. The highest BCUT2D eigenvalue weighted by molar-refractivity contribution is 6.30. The number of benzene rings is 1. The van der Waals surface area contributed by atoms with Gasteiger partial charge >= 0.3 is 0 Å². The second-order valence-corrected chi connectivity index (χ2v) is 6.73. The number of amides is 1. The van der Waals surface area contributed by atoms with Crippen molar-refractivity contribution in [3.05, 3.63) is 64.9 Å². The molecule has 3 rings (SSSR count). The summed E-state index contributed by atoms with van der Waals surface area (Å²) in [5.41, 5.74) is 2.33. The van der Waals surface area contributed by atoms with Gasteiger partial charge in [0.2, 0.25) is 5.91 Å². The fourth-order valence-electron chi connectivity index (χ4n) is 3.33. The van der Waals surface area contributed by atoms with Gasteiger partial charge in [-0.3, -0.25) is 14.7 Å². The standard InChI is InChI=1S/C19H22ClN3O/c1-23-13-10-17(19(23)15-3-5-16(20)6-4-15)22-18(24)7-2-14-8-11-21-12-9-14/h3-6,8-9,11-12,17,19H,2,7,10,13H2,1H3,(H,22,24)/t17-,19-/m1/s1. The fraction of sp³-hybridized carbons (Fsp3) is 0.368. The van der Waals surface area contributed by atoms with Crippen LogP contribution in [0.15, 0.2) is 48.8 Å². The molecule has 0 bridgehead atoms. The maximum atomic E-state index is 12.3. The Bertz CT molecular complexity index is 675. The number of hydrogen-bond donors (Lipinski definition) is 1. The quantitative estimate of drug-likeness (QED) is 0.906. The first-order valence-electron chi connectivity index (χ1n) is 8.27. The van der Waals surface area contributed by atoms with Crippen molar-refractivity contribution in [1.82, 2.24) is 15.2 Å². The van der Waals surface area contributed by atoms with E-state index in [-0.39, 0.29) is 18.0 Å². The lowest BCUT2D eigenvalue weighted by molar-refractivity contribution is -0.121. The molecule has 1 aromatic heterocycles. The summed E-state index contributed by atoms with van der Waals surface area (Å²) in [5.74, 6) is 0.103. The van der Waals surface area contributed by atoms with Crippen LogP contribution in [-0.4, -0.2) is 35.4 Å². The highest BCUT2D eigenvalue weighted by Gasteiger charge is 2.33. The predicted octanol–water partition coefficient (Wildman–Crippen LogP) is 3.23. The number of halogens is 1. The number of carbonyl (C=O) groups excluding carboxylic acids is 1. The summed E-state index contributed by atoms with van der Waals surface area (Å²) in [7, 11) is 2.10. The van der Waals surface area contributed by atoms with E-state index in [0.717, 1.165) is 30.0 Å². The molecule has 1 aliphatic heterocycles. The molecular formula is C19H22ClN3O. The van der Waals surface area contributed by atoms with Gasteiger partial charge in [0.1, 0.15) is 0 Å². The van der Waals surface area contributed by atoms with Crippen LogP contribution in [0, 0.1) is 0 Å². The number of rotatable bonds is 5. The Kier molecular flexibility index (Phi) is 5.48. The van der Waals surface area contributed by atoms with Gasteiger partial charge in [0.25, 0.3) is 0 Å². The van der Waals surface area contributed by atoms with E-state index >= 15 is 0 Å². The normalized spacial score (nSPS) is 20.9. The van der Waals surface area contributed by atoms with E-state index in [1.54, 1.807) is 12.4 Å². The van der Waals surface area contributed by atoms with Gasteiger partial charge in [0, 0.05) is 36.4 Å². The Hall–Kier alpha value is -1.91. The first-order valence-corrected chi connectivity index (χ1v) is 8.65. The van der Waals surface area contributed by atoms with Crippen molar-refractivity contribution in [1.29, 1.82) is 0 Å². The molecule has 0 saturated carbocycles. The van der Waals surface area contributed by atoms with Crippen molar-refractivity contribution in [2.45, 2.75) is 31.3 Å². The molecule has 1 N–H and O–H groups in total. The number of nitrogens with zero attached hydrogens (tertiary/aromatic N) is 2. The number of pyridine rings is 1. The van der Waals surface area contributed by atoms with Crippen LogP contribution in [0.4, 0.5) is 0 Å². The maximum absolute atomic E-state index is 12.3. The molecule has 1 fully saturated rings. The molecule has 24 heavy (non-hydrogen) atoms. The summed E-state index contributed by atoms with van der Waals surface area (Å²) >= 11 is 5.99. The van der Waals surface area contributed by atoms with Crippen molar-refractivity contribution >= 4 is 17.5 Å². The van der Waals surface area contributed by atoms with E-state index in [0.29, 0.717) is 6.42 Å². The molecule has 2 heterocycles. The summed E-state index contributed by atoms with van der Waals surface area (Å²) in [4.78, 5) is 18.6. The molecule has 2 aromatic rings. The number of nitrogens with one attached hydrogen (secondary N) is 1. The molecule has 1 aliphatic rings. The largest absolute Gasteiger partial charge is 0.351 e. The molecular weight excluding hydrogens is 322 g/mol. The summed E-state index contributed by atoms with van der Waals surface area (Å²) in [5, 5.41) is 3.95. The number of carbonyl (C=O) groups is 1. The molecule has 0 unspecified atom stereocenters. The van der Waals surface area contributed by atoms with Crippen LogP contribution in [-0.2, 0) is 11.2 Å². The number of likely N-dealkylation sites (tertiary alicyclic amines) is 1. The minimum Gasteiger partial charge on any atom is -0.351 e. The second kappa shape index (κ2) is 7.77. The zero-order valence-corrected chi connectivity index (χ0v) is 14.5. The number of aryl methyl sites for hydroxylation is 1. The van der Waals surface area contributed by atoms with Gasteiger partial charge in [-0.15, -0.1) is 0 Å². The van der Waals surface area contributed by atoms with Crippen LogP contribution in [0.5, 0.6) is 0 Å². The van der Waals surface area contributed by atoms with Crippen LogP contribution >= 0.6 is 11.6 Å². The Balaban J connectivity index is 1.60. The first-order chi connectivity index (χ1) is 11.6. The first kappa shape index (κ1) is 16.9. The molecule has 4 nitrogen and oxygen atoms in total. The average Bonchev–Trinajstić information content (AvgIpc) is 2.95. The average molecular weight is 344 g/mol. The van der Waals surface area contributed by atoms with E-state index < -0.39 is 0 Å². The van der Waals surface area contributed by atoms with Gasteiger partial charge in [0.05, 0.1) is 6.04 Å². The van der Waals surface area contributed by atoms with Crippen molar-refractivity contribution in [2.75, 3.05) is 13.6 Å². The van der Waals surface area contributed by atoms with E-state index in [4.69, 9.17) is 11.6 Å². The Labute approximate surface area is 147 Å². The lowest BCUT2D eigenvalue weighted by atomic mass is 10.00. The van der Waals surface area contributed by atoms with E-state index in [1.807, 2.05) is 36.4 Å². The monoisotopic (exact) mass is 343 g/mol. The van der Waals surface area contributed by atoms with Crippen molar-refractivity contribution in [3.8, 4) is 0 Å². The third-order valence-electron chi connectivity index (χ3n) is 4.60. The van der Waals surface area contributed by atoms with Crippen LogP contribution in [0.25, 0.3) is 0 Å². The van der Waals surface area contributed by atoms with Gasteiger partial charge in [-0.1, -0.05) is 23.7 Å². The van der Waals surface area contributed by atoms with Crippen LogP contribution < -0.4 is 5.32 Å². The molecule has 1 aromatic carbocycles. The molecule has 0 aliphatic carbocycles. The molecule has 1 amide bonds. The van der Waals surface area contributed by atoms with Crippen molar-refractivity contribution < 1.29 is 4.79 Å². The SMILES string of the molecule is CN1CC[C@@H](NC(=O)CCc2ccncc2)[C@H]1c1ccc(Cl)cc1. The Morgan fingerprint density at radius 3 is 2.67 bits per heavy atom. The Morgan fingerprint density at radius 1 is 1.25 bits per heavy atom. The highest BCUT2D eigenvalue weighted by Crippen LogP contribution is 2.31. The molecule has 126 valence electrons. The third-order valence-corrected chi connectivity index (χ3v) is 4.85. The van der Waals surface area contributed by atoms with Crippen molar-refractivity contribution in [3.63, 3.8) is 0 Å². The predicted molar refractivity (Wildman–Crippen MR) is 95.9 cm³/mol. The van der Waals surface area contributed by atoms with Gasteiger partial charge in [0.15, 0.2) is 0 Å². The zero-order chi connectivity index (χ0) is 16.9. The fourth-order valence-corrected chi connectivity index (χ4v) is 3.46. The van der Waals surface area contributed by atoms with Gasteiger partial charge in [-0.05, 0) is 55.3 Å². The van der Waals surface area contributed by atoms with Gasteiger partial charge in [-0.25, -0.2) is 0 Å². The topological polar surface area (TPSA) is 45.2 Å². The van der Waals surface area contributed by atoms with Gasteiger partial charge in [-0.2, -0.15) is 0 Å². The van der Waals surface area contributed by atoms with Crippen LogP contribution in [0.3, 0.4) is 0 Å². The lowest BCUT2D eigenvalue weighted by Gasteiger charge is -2.26. The van der Waals surface area contributed by atoms with E-state index in [9.17, 15) is 4.79 Å². The third kappa shape index (κ3) is 4.13. The molecule has 0 radical (unpaired) electrons. The molecule has 1 saturated heterocycles. The summed E-state index contributed by atoms with van der Waals surface area (Å²) in [6.45, 7) is 0.975. The smallest absolute Gasteiger partial charge is 0.220 e. The van der Waals surface area contributed by atoms with E-state index in [1.165, 1.54) is 5.56 Å². The Morgan fingerprint density at radius 2 is 1.96 bits per heavy atom. The van der Waals surface area contributed by atoms with Crippen molar-refractivity contribution in [2.24, 2.45) is 0 Å². The maximum Gasteiger partial charge on any atom is 0.220 e. The minimum atomic E-state index is 0.103. The zero-order valence-electron chi connectivity index (χ0n) is 13.8. The summed E-state index contributed by atoms with van der Waals surface area (Å²) in [6.07, 6.45) is 5.72. The summed E-state index contributed by atoms with van der Waals surface area (Å²) in [6, 6.07) is 12.2.